The lowest BCUT2D eigenvalue weighted by Crippen LogP contribution is -2.22. The zero-order chi connectivity index (χ0) is 24.7. The minimum Gasteiger partial charge on any atom is -0.444 e. The molecular formula is C26H31N3O4S. The second-order valence-corrected chi connectivity index (χ2v) is 9.63. The predicted octanol–water partition coefficient (Wildman–Crippen LogP) is 5.70. The molecule has 0 saturated heterocycles. The highest BCUT2D eigenvalue weighted by Gasteiger charge is 2.16. The van der Waals surface area contributed by atoms with Gasteiger partial charge in [-0.1, -0.05) is 35.9 Å². The molecule has 34 heavy (non-hydrogen) atoms. The predicted molar refractivity (Wildman–Crippen MR) is 137 cm³/mol. The Balaban J connectivity index is 1.66. The van der Waals surface area contributed by atoms with Gasteiger partial charge < -0.3 is 9.64 Å². The standard InChI is InChI=1S/C26H31N3O4S/c1-5-29(6-2)22-13-16-24(20(4)17-22)27-26(30)33-18-21-9-7-8-10-25(21)28-34(31,32)23-14-11-19(3)12-15-23/h7-17,28H,5-6,18H2,1-4H3,(H,27,30). The number of rotatable bonds is 9. The summed E-state index contributed by atoms with van der Waals surface area (Å²) >= 11 is 0. The van der Waals surface area contributed by atoms with Crippen molar-refractivity contribution in [3.05, 3.63) is 83.4 Å². The number of carbonyl (C=O) groups is 1. The highest BCUT2D eigenvalue weighted by atomic mass is 32.2. The van der Waals surface area contributed by atoms with Crippen LogP contribution in [0.3, 0.4) is 0 Å². The summed E-state index contributed by atoms with van der Waals surface area (Å²) in [6.07, 6.45) is -0.616. The van der Waals surface area contributed by atoms with Crippen molar-refractivity contribution in [2.45, 2.75) is 39.2 Å². The van der Waals surface area contributed by atoms with Crippen molar-refractivity contribution >= 4 is 33.2 Å². The molecule has 0 aliphatic heterocycles. The molecule has 0 unspecified atom stereocenters. The van der Waals surface area contributed by atoms with Crippen LogP contribution < -0.4 is 14.9 Å². The summed E-state index contributed by atoms with van der Waals surface area (Å²) in [6, 6.07) is 19.3. The van der Waals surface area contributed by atoms with E-state index in [0.717, 1.165) is 29.9 Å². The van der Waals surface area contributed by atoms with E-state index in [0.29, 0.717) is 16.9 Å². The first kappa shape index (κ1) is 25.1. The zero-order valence-electron chi connectivity index (χ0n) is 20.0. The van der Waals surface area contributed by atoms with E-state index in [1.165, 1.54) is 0 Å². The molecule has 0 radical (unpaired) electrons. The monoisotopic (exact) mass is 481 g/mol. The van der Waals surface area contributed by atoms with E-state index >= 15 is 0 Å². The van der Waals surface area contributed by atoms with Gasteiger partial charge in [-0.05, 0) is 69.7 Å². The summed E-state index contributed by atoms with van der Waals surface area (Å²) in [5.74, 6) is 0. The lowest BCUT2D eigenvalue weighted by atomic mass is 10.1. The first-order valence-electron chi connectivity index (χ1n) is 11.2. The molecule has 0 saturated carbocycles. The molecule has 3 aromatic carbocycles. The maximum absolute atomic E-state index is 12.8. The van der Waals surface area contributed by atoms with E-state index in [-0.39, 0.29) is 11.5 Å². The van der Waals surface area contributed by atoms with Crippen LogP contribution in [0.2, 0.25) is 0 Å². The van der Waals surface area contributed by atoms with E-state index in [2.05, 4.69) is 28.8 Å². The molecule has 3 aromatic rings. The molecule has 0 spiro atoms. The van der Waals surface area contributed by atoms with E-state index in [9.17, 15) is 13.2 Å². The van der Waals surface area contributed by atoms with E-state index < -0.39 is 16.1 Å². The SMILES string of the molecule is CCN(CC)c1ccc(NC(=O)OCc2ccccc2NS(=O)(=O)c2ccc(C)cc2)c(C)c1. The van der Waals surface area contributed by atoms with Gasteiger partial charge in [-0.2, -0.15) is 0 Å². The maximum atomic E-state index is 12.8. The largest absolute Gasteiger partial charge is 0.444 e. The van der Waals surface area contributed by atoms with Crippen molar-refractivity contribution in [1.29, 1.82) is 0 Å². The fourth-order valence-electron chi connectivity index (χ4n) is 3.53. The number of hydrogen-bond acceptors (Lipinski definition) is 5. The van der Waals surface area contributed by atoms with Gasteiger partial charge in [0.15, 0.2) is 0 Å². The van der Waals surface area contributed by atoms with Crippen LogP contribution in [0.25, 0.3) is 0 Å². The first-order chi connectivity index (χ1) is 16.2. The highest BCUT2D eigenvalue weighted by Crippen LogP contribution is 2.24. The molecule has 7 nitrogen and oxygen atoms in total. The zero-order valence-corrected chi connectivity index (χ0v) is 20.8. The summed E-state index contributed by atoms with van der Waals surface area (Å²) in [4.78, 5) is 14.8. The van der Waals surface area contributed by atoms with Crippen molar-refractivity contribution in [3.63, 3.8) is 0 Å². The van der Waals surface area contributed by atoms with Gasteiger partial charge in [0, 0.05) is 30.0 Å². The Kier molecular flexibility index (Phi) is 8.17. The Morgan fingerprint density at radius 1 is 0.912 bits per heavy atom. The molecule has 0 bridgehead atoms. The number of sulfonamides is 1. The highest BCUT2D eigenvalue weighted by molar-refractivity contribution is 7.92. The number of nitrogens with zero attached hydrogens (tertiary/aromatic N) is 1. The average Bonchev–Trinajstić information content (AvgIpc) is 2.81. The molecule has 8 heteroatoms. The summed E-state index contributed by atoms with van der Waals surface area (Å²) in [5, 5.41) is 2.76. The third kappa shape index (κ3) is 6.29. The Bertz CT molecular complexity index is 1240. The topological polar surface area (TPSA) is 87.7 Å². The number of benzene rings is 3. The molecule has 180 valence electrons. The summed E-state index contributed by atoms with van der Waals surface area (Å²) in [6.45, 7) is 9.73. The van der Waals surface area contributed by atoms with Crippen molar-refractivity contribution in [2.75, 3.05) is 28.0 Å². The quantitative estimate of drug-likeness (QED) is 0.409. The fraction of sp³-hybridized carbons (Fsp3) is 0.269. The Hall–Kier alpha value is -3.52. The van der Waals surface area contributed by atoms with Crippen LogP contribution in [-0.2, 0) is 21.4 Å². The number of amides is 1. The number of aryl methyl sites for hydroxylation is 2. The van der Waals surface area contributed by atoms with Gasteiger partial charge in [-0.15, -0.1) is 0 Å². The second-order valence-electron chi connectivity index (χ2n) is 7.95. The van der Waals surface area contributed by atoms with Gasteiger partial charge in [0.25, 0.3) is 10.0 Å². The minimum atomic E-state index is -3.77. The Morgan fingerprint density at radius 2 is 1.59 bits per heavy atom. The molecule has 0 aromatic heterocycles. The molecule has 3 rings (SSSR count). The summed E-state index contributed by atoms with van der Waals surface area (Å²) in [7, 11) is -3.77. The van der Waals surface area contributed by atoms with Crippen LogP contribution in [0, 0.1) is 13.8 Å². The van der Waals surface area contributed by atoms with E-state index in [1.807, 2.05) is 32.0 Å². The molecule has 0 aliphatic rings. The number of anilines is 3. The molecule has 2 N–H and O–H groups in total. The van der Waals surface area contributed by atoms with Gasteiger partial charge in [0.05, 0.1) is 10.6 Å². The van der Waals surface area contributed by atoms with Gasteiger partial charge >= 0.3 is 6.09 Å². The number of ether oxygens (including phenoxy) is 1. The van der Waals surface area contributed by atoms with Crippen LogP contribution in [0.4, 0.5) is 21.9 Å². The smallest absolute Gasteiger partial charge is 0.411 e. The Morgan fingerprint density at radius 3 is 2.24 bits per heavy atom. The third-order valence-corrected chi connectivity index (χ3v) is 6.91. The first-order valence-corrected chi connectivity index (χ1v) is 12.7. The van der Waals surface area contributed by atoms with Crippen LogP contribution in [0.5, 0.6) is 0 Å². The van der Waals surface area contributed by atoms with Crippen molar-refractivity contribution < 1.29 is 17.9 Å². The minimum absolute atomic E-state index is 0.0883. The number of para-hydroxylation sites is 1. The van der Waals surface area contributed by atoms with Crippen molar-refractivity contribution in [1.82, 2.24) is 0 Å². The lowest BCUT2D eigenvalue weighted by molar-refractivity contribution is 0.155. The average molecular weight is 482 g/mol. The normalized spacial score (nSPS) is 11.1. The van der Waals surface area contributed by atoms with Crippen LogP contribution >= 0.6 is 0 Å². The van der Waals surface area contributed by atoms with E-state index in [1.54, 1.807) is 48.5 Å². The van der Waals surface area contributed by atoms with E-state index in [4.69, 9.17) is 4.74 Å². The van der Waals surface area contributed by atoms with Crippen LogP contribution in [-0.4, -0.2) is 27.6 Å². The van der Waals surface area contributed by atoms with Crippen LogP contribution in [0.15, 0.2) is 71.6 Å². The second kappa shape index (κ2) is 11.1. The number of nitrogens with one attached hydrogen (secondary N) is 2. The molecule has 0 fully saturated rings. The van der Waals surface area contributed by atoms with Gasteiger partial charge in [-0.25, -0.2) is 13.2 Å². The summed E-state index contributed by atoms with van der Waals surface area (Å²) in [5.41, 5.74) is 4.55. The molecule has 0 atom stereocenters. The van der Waals surface area contributed by atoms with Crippen LogP contribution in [0.1, 0.15) is 30.5 Å². The fourth-order valence-corrected chi connectivity index (χ4v) is 4.63. The Labute approximate surface area is 201 Å². The lowest BCUT2D eigenvalue weighted by Gasteiger charge is -2.22. The molecule has 0 heterocycles. The summed E-state index contributed by atoms with van der Waals surface area (Å²) < 4.78 is 33.5. The number of carbonyl (C=O) groups excluding carboxylic acids is 1. The van der Waals surface area contributed by atoms with Gasteiger partial charge in [0.1, 0.15) is 6.61 Å². The molecule has 1 amide bonds. The van der Waals surface area contributed by atoms with Crippen molar-refractivity contribution in [3.8, 4) is 0 Å². The number of hydrogen-bond donors (Lipinski definition) is 2. The van der Waals surface area contributed by atoms with Gasteiger partial charge in [-0.3, -0.25) is 10.0 Å². The third-order valence-electron chi connectivity index (χ3n) is 5.53. The van der Waals surface area contributed by atoms with Gasteiger partial charge in [0.2, 0.25) is 0 Å². The molecular weight excluding hydrogens is 450 g/mol. The molecule has 0 aliphatic carbocycles. The van der Waals surface area contributed by atoms with Crippen molar-refractivity contribution in [2.24, 2.45) is 0 Å². The maximum Gasteiger partial charge on any atom is 0.411 e.